The lowest BCUT2D eigenvalue weighted by atomic mass is 9.67. The minimum atomic E-state index is -0.985. The van der Waals surface area contributed by atoms with Crippen LogP contribution in [0.3, 0.4) is 0 Å². The van der Waals surface area contributed by atoms with Crippen molar-refractivity contribution in [3.8, 4) is 17.5 Å². The van der Waals surface area contributed by atoms with Gasteiger partial charge in [-0.2, -0.15) is 5.26 Å². The summed E-state index contributed by atoms with van der Waals surface area (Å²) in [5.41, 5.74) is 1.65. The first kappa shape index (κ1) is 22.5. The third-order valence-electron chi connectivity index (χ3n) is 6.51. The number of likely N-dealkylation sites (tertiary alicyclic amines) is 1. The Hall–Kier alpha value is -3.73. The summed E-state index contributed by atoms with van der Waals surface area (Å²) in [6.07, 6.45) is 5.53. The van der Waals surface area contributed by atoms with Gasteiger partial charge in [-0.05, 0) is 31.0 Å². The molecule has 33 heavy (non-hydrogen) atoms. The smallest absolute Gasteiger partial charge is 0.132 e. The molecule has 3 aromatic rings. The fraction of sp³-hybridized carbons (Fsp3) is 0.280. The highest BCUT2D eigenvalue weighted by molar-refractivity contribution is 5.75. The van der Waals surface area contributed by atoms with E-state index in [2.05, 4.69) is 27.6 Å². The van der Waals surface area contributed by atoms with Crippen molar-refractivity contribution in [3.63, 3.8) is 0 Å². The summed E-state index contributed by atoms with van der Waals surface area (Å²) in [4.78, 5) is 14.7. The SMILES string of the molecule is C=C(c1cccnc1-c1ccncn1)N1CCC(C#N)([C@H](C)c2c(F)cc(F)cc2F)CC1. The molecule has 2 aromatic heterocycles. The topological polar surface area (TPSA) is 65.7 Å². The van der Waals surface area contributed by atoms with Gasteiger partial charge in [-0.15, -0.1) is 0 Å². The van der Waals surface area contributed by atoms with E-state index in [1.807, 2.05) is 17.0 Å². The first-order chi connectivity index (χ1) is 15.9. The van der Waals surface area contributed by atoms with Gasteiger partial charge in [0.05, 0.1) is 22.9 Å². The van der Waals surface area contributed by atoms with Crippen LogP contribution in [0.4, 0.5) is 13.2 Å². The van der Waals surface area contributed by atoms with Crippen LogP contribution in [0.2, 0.25) is 0 Å². The maximum absolute atomic E-state index is 14.4. The van der Waals surface area contributed by atoms with Crippen molar-refractivity contribution in [1.29, 1.82) is 5.26 Å². The van der Waals surface area contributed by atoms with Gasteiger partial charge in [-0.1, -0.05) is 13.5 Å². The van der Waals surface area contributed by atoms with E-state index < -0.39 is 28.8 Å². The average Bonchev–Trinajstić information content (AvgIpc) is 2.83. The zero-order valence-corrected chi connectivity index (χ0v) is 18.1. The molecule has 0 saturated carbocycles. The maximum Gasteiger partial charge on any atom is 0.132 e. The van der Waals surface area contributed by atoms with Crippen LogP contribution < -0.4 is 0 Å². The molecule has 5 nitrogen and oxygen atoms in total. The van der Waals surface area contributed by atoms with Crippen molar-refractivity contribution < 1.29 is 13.2 Å². The van der Waals surface area contributed by atoms with Crippen molar-refractivity contribution in [3.05, 3.63) is 84.2 Å². The molecule has 0 amide bonds. The summed E-state index contributed by atoms with van der Waals surface area (Å²) in [7, 11) is 0. The summed E-state index contributed by atoms with van der Waals surface area (Å²) in [6.45, 7) is 6.82. The molecule has 1 fully saturated rings. The molecule has 1 aromatic carbocycles. The molecule has 4 rings (SSSR count). The van der Waals surface area contributed by atoms with Crippen molar-refractivity contribution in [1.82, 2.24) is 19.9 Å². The summed E-state index contributed by atoms with van der Waals surface area (Å²) < 4.78 is 42.2. The van der Waals surface area contributed by atoms with Gasteiger partial charge in [0.25, 0.3) is 0 Å². The highest BCUT2D eigenvalue weighted by Gasteiger charge is 2.43. The Morgan fingerprint density at radius 1 is 1.12 bits per heavy atom. The normalized spacial score (nSPS) is 16.2. The molecule has 0 aliphatic carbocycles. The fourth-order valence-electron chi connectivity index (χ4n) is 4.50. The second kappa shape index (κ2) is 9.02. The zero-order valence-electron chi connectivity index (χ0n) is 18.1. The molecule has 0 unspecified atom stereocenters. The fourth-order valence-corrected chi connectivity index (χ4v) is 4.50. The Bertz CT molecular complexity index is 1190. The largest absolute Gasteiger partial charge is 0.371 e. The van der Waals surface area contributed by atoms with E-state index in [-0.39, 0.29) is 5.56 Å². The Balaban J connectivity index is 1.57. The molecule has 0 N–H and O–H groups in total. The van der Waals surface area contributed by atoms with E-state index in [4.69, 9.17) is 0 Å². The van der Waals surface area contributed by atoms with Crippen molar-refractivity contribution in [2.75, 3.05) is 13.1 Å². The van der Waals surface area contributed by atoms with Crippen molar-refractivity contribution in [2.45, 2.75) is 25.7 Å². The van der Waals surface area contributed by atoms with Gasteiger partial charge in [0.15, 0.2) is 0 Å². The average molecular weight is 449 g/mol. The van der Waals surface area contributed by atoms with E-state index in [1.165, 1.54) is 6.33 Å². The minimum absolute atomic E-state index is 0.247. The molecule has 1 saturated heterocycles. The Morgan fingerprint density at radius 2 is 1.82 bits per heavy atom. The number of rotatable bonds is 5. The number of piperidine rings is 1. The number of hydrogen-bond acceptors (Lipinski definition) is 5. The number of benzene rings is 1. The van der Waals surface area contributed by atoms with Crippen LogP contribution in [0, 0.1) is 34.2 Å². The molecule has 3 heterocycles. The van der Waals surface area contributed by atoms with Crippen LogP contribution in [-0.2, 0) is 0 Å². The second-order valence-corrected chi connectivity index (χ2v) is 8.20. The molecular weight excluding hydrogens is 427 g/mol. The van der Waals surface area contributed by atoms with Crippen LogP contribution in [0.15, 0.2) is 55.6 Å². The van der Waals surface area contributed by atoms with E-state index in [1.54, 1.807) is 25.4 Å². The third kappa shape index (κ3) is 4.19. The Kier molecular flexibility index (Phi) is 6.14. The molecular formula is C25H22F3N5. The van der Waals surface area contributed by atoms with Gasteiger partial charge >= 0.3 is 0 Å². The number of pyridine rings is 1. The molecule has 0 bridgehead atoms. The van der Waals surface area contributed by atoms with Crippen LogP contribution >= 0.6 is 0 Å². The number of halogens is 3. The monoisotopic (exact) mass is 449 g/mol. The third-order valence-corrected chi connectivity index (χ3v) is 6.51. The lowest BCUT2D eigenvalue weighted by Gasteiger charge is -2.42. The van der Waals surface area contributed by atoms with Gasteiger partial charge in [0.2, 0.25) is 0 Å². The van der Waals surface area contributed by atoms with E-state index in [9.17, 15) is 18.4 Å². The number of nitrogens with zero attached hydrogens (tertiary/aromatic N) is 5. The highest BCUT2D eigenvalue weighted by atomic mass is 19.1. The molecule has 1 aliphatic heterocycles. The standard InChI is InChI=1S/C25H22F3N5/c1-16(23-20(27)12-18(26)13-21(23)28)25(14-29)6-10-33(11-7-25)17(2)19-4-3-8-31-24(19)22-5-9-30-15-32-22/h3-5,8-9,12-13,15-16H,2,6-7,10-11H2,1H3/t16-/m1/s1. The molecule has 1 aliphatic rings. The van der Waals surface area contributed by atoms with E-state index in [0.717, 1.165) is 11.3 Å². The summed E-state index contributed by atoms with van der Waals surface area (Å²) in [6, 6.07) is 9.12. The molecule has 1 atom stereocenters. The van der Waals surface area contributed by atoms with Gasteiger partial charge < -0.3 is 4.90 Å². The quantitative estimate of drug-likeness (QED) is 0.526. The van der Waals surface area contributed by atoms with Crippen LogP contribution in [0.1, 0.15) is 36.8 Å². The number of aromatic nitrogens is 3. The lowest BCUT2D eigenvalue weighted by molar-refractivity contribution is 0.167. The summed E-state index contributed by atoms with van der Waals surface area (Å²) in [5.74, 6) is -3.65. The first-order valence-corrected chi connectivity index (χ1v) is 10.6. The van der Waals surface area contributed by atoms with Gasteiger partial charge in [-0.3, -0.25) is 4.98 Å². The number of nitriles is 1. The summed E-state index contributed by atoms with van der Waals surface area (Å²) >= 11 is 0. The number of hydrogen-bond donors (Lipinski definition) is 0. The zero-order chi connectivity index (χ0) is 23.6. The Morgan fingerprint density at radius 3 is 2.42 bits per heavy atom. The molecule has 0 spiro atoms. The summed E-state index contributed by atoms with van der Waals surface area (Å²) in [5, 5.41) is 10.0. The predicted octanol–water partition coefficient (Wildman–Crippen LogP) is 5.34. The Labute approximate surface area is 190 Å². The van der Waals surface area contributed by atoms with Crippen molar-refractivity contribution >= 4 is 5.70 Å². The highest BCUT2D eigenvalue weighted by Crippen LogP contribution is 2.46. The van der Waals surface area contributed by atoms with E-state index in [0.29, 0.717) is 49.5 Å². The van der Waals surface area contributed by atoms with Gasteiger partial charge in [-0.25, -0.2) is 23.1 Å². The molecule has 8 heteroatoms. The maximum atomic E-state index is 14.4. The lowest BCUT2D eigenvalue weighted by Crippen LogP contribution is -2.41. The van der Waals surface area contributed by atoms with Crippen LogP contribution in [-0.4, -0.2) is 32.9 Å². The molecule has 0 radical (unpaired) electrons. The van der Waals surface area contributed by atoms with Gasteiger partial charge in [0, 0.05) is 60.4 Å². The first-order valence-electron chi connectivity index (χ1n) is 10.6. The van der Waals surface area contributed by atoms with E-state index >= 15 is 0 Å². The van der Waals surface area contributed by atoms with Gasteiger partial charge in [0.1, 0.15) is 23.8 Å². The van der Waals surface area contributed by atoms with Crippen LogP contribution in [0.25, 0.3) is 17.1 Å². The molecule has 168 valence electrons. The minimum Gasteiger partial charge on any atom is -0.371 e. The van der Waals surface area contributed by atoms with Crippen LogP contribution in [0.5, 0.6) is 0 Å². The second-order valence-electron chi connectivity index (χ2n) is 8.20. The van der Waals surface area contributed by atoms with Crippen molar-refractivity contribution in [2.24, 2.45) is 5.41 Å². The predicted molar refractivity (Wildman–Crippen MR) is 118 cm³/mol.